The Bertz CT molecular complexity index is 1580. The maximum Gasteiger partial charge on any atom is 0.136 e. The highest BCUT2D eigenvalue weighted by Crippen LogP contribution is 2.45. The van der Waals surface area contributed by atoms with Crippen LogP contribution in [0.2, 0.25) is 0 Å². The number of hydrogen-bond donors (Lipinski definition) is 0. The van der Waals surface area contributed by atoms with Crippen molar-refractivity contribution in [2.75, 3.05) is 0 Å². The number of benzene rings is 4. The molecule has 0 amide bonds. The lowest BCUT2D eigenvalue weighted by atomic mass is 9.74. The fourth-order valence-electron chi connectivity index (χ4n) is 5.47. The van der Waals surface area contributed by atoms with E-state index in [1.54, 1.807) is 0 Å². The van der Waals surface area contributed by atoms with Crippen LogP contribution in [0.3, 0.4) is 0 Å². The van der Waals surface area contributed by atoms with Crippen molar-refractivity contribution in [3.8, 4) is 22.3 Å². The predicted octanol–water partition coefficient (Wildman–Crippen LogP) is 10.8. The molecule has 1 nitrogen and oxygen atoms in total. The molecule has 0 bridgehead atoms. The third-order valence-corrected chi connectivity index (χ3v) is 7.48. The van der Waals surface area contributed by atoms with Crippen LogP contribution in [-0.2, 0) is 16.2 Å². The van der Waals surface area contributed by atoms with Crippen molar-refractivity contribution in [2.45, 2.75) is 78.6 Å². The molecule has 5 aromatic rings. The van der Waals surface area contributed by atoms with Gasteiger partial charge in [-0.1, -0.05) is 129 Å². The van der Waals surface area contributed by atoms with Gasteiger partial charge in [-0.15, -0.1) is 0 Å². The summed E-state index contributed by atoms with van der Waals surface area (Å²) in [5.74, 6) is 0. The van der Waals surface area contributed by atoms with Crippen LogP contribution in [0.25, 0.3) is 44.2 Å². The standard InChI is InChI=1S/C36H40O/c1-34(2,3)24-20-23(21-25(22-24)35(4,5)6)26-15-12-17-28(33(26)36(7,8)9)27-16-13-19-31-32(27)29-14-10-11-18-30(29)37-31/h10-22H,1-9H3. The van der Waals surface area contributed by atoms with Crippen molar-refractivity contribution >= 4 is 21.9 Å². The van der Waals surface area contributed by atoms with Gasteiger partial charge in [-0.2, -0.15) is 0 Å². The van der Waals surface area contributed by atoms with E-state index in [4.69, 9.17) is 4.42 Å². The van der Waals surface area contributed by atoms with Gasteiger partial charge in [-0.25, -0.2) is 0 Å². The first-order chi connectivity index (χ1) is 17.2. The molecule has 0 aliphatic rings. The molecular formula is C36H40O. The Kier molecular flexibility index (Phi) is 5.90. The minimum absolute atomic E-state index is 0.0622. The van der Waals surface area contributed by atoms with Crippen molar-refractivity contribution in [2.24, 2.45) is 0 Å². The molecule has 1 heteroatoms. The van der Waals surface area contributed by atoms with Gasteiger partial charge in [0.2, 0.25) is 0 Å². The lowest BCUT2D eigenvalue weighted by Gasteiger charge is -2.30. The molecule has 0 radical (unpaired) electrons. The number of hydrogen-bond acceptors (Lipinski definition) is 1. The molecule has 1 aromatic heterocycles. The summed E-state index contributed by atoms with van der Waals surface area (Å²) in [7, 11) is 0. The first kappa shape index (κ1) is 25.3. The number of para-hydroxylation sites is 1. The zero-order valence-corrected chi connectivity index (χ0v) is 23.9. The van der Waals surface area contributed by atoms with Gasteiger partial charge in [0, 0.05) is 10.8 Å². The molecule has 4 aromatic carbocycles. The summed E-state index contributed by atoms with van der Waals surface area (Å²) in [6, 6.07) is 28.9. The summed E-state index contributed by atoms with van der Waals surface area (Å²) in [4.78, 5) is 0. The first-order valence-electron chi connectivity index (χ1n) is 13.5. The highest BCUT2D eigenvalue weighted by Gasteiger charge is 2.27. The Morgan fingerprint density at radius 3 is 1.65 bits per heavy atom. The average molecular weight is 489 g/mol. The highest BCUT2D eigenvalue weighted by atomic mass is 16.3. The number of furan rings is 1. The van der Waals surface area contributed by atoms with Crippen LogP contribution in [0.4, 0.5) is 0 Å². The SMILES string of the molecule is CC(C)(C)c1cc(-c2cccc(-c3cccc4oc5ccccc5c34)c2C(C)(C)C)cc(C(C)(C)C)c1. The molecule has 1 heterocycles. The largest absolute Gasteiger partial charge is 0.456 e. The smallest absolute Gasteiger partial charge is 0.136 e. The van der Waals surface area contributed by atoms with Crippen molar-refractivity contribution in [3.63, 3.8) is 0 Å². The topological polar surface area (TPSA) is 13.1 Å². The third-order valence-electron chi connectivity index (χ3n) is 7.48. The van der Waals surface area contributed by atoms with Crippen LogP contribution < -0.4 is 0 Å². The molecule has 0 aliphatic heterocycles. The Labute approximate surface area is 222 Å². The summed E-state index contributed by atoms with van der Waals surface area (Å²) < 4.78 is 6.26. The monoisotopic (exact) mass is 488 g/mol. The normalized spacial score (nSPS) is 13.0. The van der Waals surface area contributed by atoms with E-state index in [0.717, 1.165) is 11.2 Å². The van der Waals surface area contributed by atoms with Crippen molar-refractivity contribution < 1.29 is 4.42 Å². The second kappa shape index (κ2) is 8.62. The molecule has 37 heavy (non-hydrogen) atoms. The van der Waals surface area contributed by atoms with Crippen LogP contribution in [0.15, 0.2) is 83.3 Å². The van der Waals surface area contributed by atoms with Gasteiger partial charge in [-0.3, -0.25) is 0 Å². The van der Waals surface area contributed by atoms with Gasteiger partial charge in [0.1, 0.15) is 11.2 Å². The summed E-state index contributed by atoms with van der Waals surface area (Å²) >= 11 is 0. The lowest BCUT2D eigenvalue weighted by Crippen LogP contribution is -2.18. The summed E-state index contributed by atoms with van der Waals surface area (Å²) in [5, 5.41) is 2.36. The Hall–Kier alpha value is -3.32. The maximum absolute atomic E-state index is 6.26. The Balaban J connectivity index is 1.86. The van der Waals surface area contributed by atoms with Crippen molar-refractivity contribution in [3.05, 3.63) is 95.6 Å². The van der Waals surface area contributed by atoms with Gasteiger partial charge >= 0.3 is 0 Å². The second-order valence-electron chi connectivity index (χ2n) is 13.6. The molecule has 0 saturated heterocycles. The molecular weight excluding hydrogens is 448 g/mol. The van der Waals surface area contributed by atoms with Crippen LogP contribution in [0.5, 0.6) is 0 Å². The molecule has 0 fully saturated rings. The van der Waals surface area contributed by atoms with E-state index in [9.17, 15) is 0 Å². The van der Waals surface area contributed by atoms with Crippen molar-refractivity contribution in [1.82, 2.24) is 0 Å². The van der Waals surface area contributed by atoms with E-state index in [1.807, 2.05) is 6.07 Å². The number of rotatable bonds is 2. The summed E-state index contributed by atoms with van der Waals surface area (Å²) in [6.07, 6.45) is 0. The van der Waals surface area contributed by atoms with Gasteiger partial charge in [-0.05, 0) is 67.3 Å². The van der Waals surface area contributed by atoms with Crippen LogP contribution in [-0.4, -0.2) is 0 Å². The predicted molar refractivity (Wildman–Crippen MR) is 161 cm³/mol. The van der Waals surface area contributed by atoms with Gasteiger partial charge in [0.15, 0.2) is 0 Å². The van der Waals surface area contributed by atoms with Crippen LogP contribution >= 0.6 is 0 Å². The van der Waals surface area contributed by atoms with Gasteiger partial charge in [0.25, 0.3) is 0 Å². The molecule has 190 valence electrons. The molecule has 0 N–H and O–H groups in total. The minimum atomic E-state index is -0.0622. The van der Waals surface area contributed by atoms with E-state index in [2.05, 4.69) is 135 Å². The quantitative estimate of drug-likeness (QED) is 0.241. The van der Waals surface area contributed by atoms with E-state index in [1.165, 1.54) is 49.7 Å². The lowest BCUT2D eigenvalue weighted by molar-refractivity contribution is 0.568. The fourth-order valence-corrected chi connectivity index (χ4v) is 5.47. The third kappa shape index (κ3) is 4.61. The van der Waals surface area contributed by atoms with E-state index < -0.39 is 0 Å². The molecule has 0 aliphatic carbocycles. The van der Waals surface area contributed by atoms with Crippen LogP contribution in [0.1, 0.15) is 79.0 Å². The van der Waals surface area contributed by atoms with E-state index in [0.29, 0.717) is 0 Å². The highest BCUT2D eigenvalue weighted by molar-refractivity contribution is 6.13. The molecule has 0 spiro atoms. The molecule has 0 saturated carbocycles. The summed E-state index contributed by atoms with van der Waals surface area (Å²) in [5.41, 5.74) is 11.2. The fraction of sp³-hybridized carbons (Fsp3) is 0.333. The average Bonchev–Trinajstić information content (AvgIpc) is 3.20. The van der Waals surface area contributed by atoms with Crippen LogP contribution in [0, 0.1) is 0 Å². The first-order valence-corrected chi connectivity index (χ1v) is 13.5. The Morgan fingerprint density at radius 1 is 0.486 bits per heavy atom. The van der Waals surface area contributed by atoms with Gasteiger partial charge < -0.3 is 4.42 Å². The Morgan fingerprint density at radius 2 is 1.03 bits per heavy atom. The zero-order valence-electron chi connectivity index (χ0n) is 23.9. The minimum Gasteiger partial charge on any atom is -0.456 e. The zero-order chi connectivity index (χ0) is 26.8. The van der Waals surface area contributed by atoms with Crippen molar-refractivity contribution in [1.29, 1.82) is 0 Å². The van der Waals surface area contributed by atoms with E-state index in [-0.39, 0.29) is 16.2 Å². The number of fused-ring (bicyclic) bond motifs is 3. The maximum atomic E-state index is 6.26. The van der Waals surface area contributed by atoms with E-state index >= 15 is 0 Å². The molecule has 0 unspecified atom stereocenters. The van der Waals surface area contributed by atoms with Gasteiger partial charge in [0.05, 0.1) is 0 Å². The molecule has 5 rings (SSSR count). The molecule has 0 atom stereocenters. The second-order valence-corrected chi connectivity index (χ2v) is 13.6. The summed E-state index contributed by atoms with van der Waals surface area (Å²) in [6.45, 7) is 20.9.